The Morgan fingerprint density at radius 3 is 2.45 bits per heavy atom. The summed E-state index contributed by atoms with van der Waals surface area (Å²) >= 11 is 4.22. The molecule has 1 fully saturated rings. The number of aliphatic hydroxyl groups excluding tert-OH is 2. The lowest BCUT2D eigenvalue weighted by molar-refractivity contribution is -0.0502. The van der Waals surface area contributed by atoms with Crippen LogP contribution >= 0.6 is 22.4 Å². The van der Waals surface area contributed by atoms with E-state index >= 15 is 0 Å². The lowest BCUT2D eigenvalue weighted by atomic mass is 10.1. The number of ether oxygens (including phenoxy) is 1. The van der Waals surface area contributed by atoms with Gasteiger partial charge in [-0.3, -0.25) is 9.09 Å². The highest BCUT2D eigenvalue weighted by Gasteiger charge is 2.46. The van der Waals surface area contributed by atoms with E-state index in [2.05, 4.69) is 39.9 Å². The highest BCUT2D eigenvalue weighted by molar-refractivity contribution is 8.09. The quantitative estimate of drug-likeness (QED) is 0.194. The van der Waals surface area contributed by atoms with Gasteiger partial charge in [0.25, 0.3) is 0 Å². The van der Waals surface area contributed by atoms with Gasteiger partial charge >= 0.3 is 22.4 Å². The summed E-state index contributed by atoms with van der Waals surface area (Å²) < 4.78 is 41.7. The lowest BCUT2D eigenvalue weighted by Crippen LogP contribution is -2.33. The van der Waals surface area contributed by atoms with Crippen molar-refractivity contribution in [2.75, 3.05) is 12.3 Å². The first-order chi connectivity index (χ1) is 14.2. The molecule has 174 valence electrons. The number of aliphatic hydroxyl groups is 2. The van der Waals surface area contributed by atoms with Crippen LogP contribution in [0.25, 0.3) is 11.2 Å². The minimum absolute atomic E-state index is 0.0623. The van der Waals surface area contributed by atoms with Crippen LogP contribution in [0.5, 0.6) is 0 Å². The molecule has 21 heteroatoms. The first-order valence-electron chi connectivity index (χ1n) is 7.92. The summed E-state index contributed by atoms with van der Waals surface area (Å²) in [5.41, 5.74) is 6.07. The smallest absolute Gasteiger partial charge is 0.387 e. The maximum Gasteiger partial charge on any atom is 0.479 e. The van der Waals surface area contributed by atoms with Crippen LogP contribution < -0.4 is 5.73 Å². The Morgan fingerprint density at radius 2 is 1.81 bits per heavy atom. The van der Waals surface area contributed by atoms with E-state index in [4.69, 9.17) is 20.3 Å². The van der Waals surface area contributed by atoms with Crippen molar-refractivity contribution in [3.63, 3.8) is 0 Å². The van der Waals surface area contributed by atoms with Gasteiger partial charge in [-0.1, -0.05) is 0 Å². The van der Waals surface area contributed by atoms with Gasteiger partial charge in [-0.2, -0.15) is 0 Å². The van der Waals surface area contributed by atoms with Crippen LogP contribution in [0.4, 0.5) is 5.82 Å². The fourth-order valence-electron chi connectivity index (χ4n) is 2.62. The zero-order valence-corrected chi connectivity index (χ0v) is 18.4. The van der Waals surface area contributed by atoms with Crippen LogP contribution in [0.3, 0.4) is 0 Å². The maximum atomic E-state index is 11.9. The third-order valence-corrected chi connectivity index (χ3v) is 8.82. The van der Waals surface area contributed by atoms with Crippen LogP contribution in [-0.2, 0) is 38.8 Å². The van der Waals surface area contributed by atoms with Gasteiger partial charge in [0.2, 0.25) is 0 Å². The molecular formula is C10H16N5O12P3S. The van der Waals surface area contributed by atoms with E-state index in [-0.39, 0.29) is 17.0 Å². The molecule has 1 aliphatic rings. The predicted molar refractivity (Wildman–Crippen MR) is 102 cm³/mol. The predicted octanol–water partition coefficient (Wildman–Crippen LogP) is -1.51. The first-order valence-corrected chi connectivity index (χ1v) is 13.5. The van der Waals surface area contributed by atoms with Gasteiger partial charge in [0.15, 0.2) is 17.7 Å². The molecule has 1 aliphatic heterocycles. The van der Waals surface area contributed by atoms with E-state index in [1.54, 1.807) is 0 Å². The summed E-state index contributed by atoms with van der Waals surface area (Å²) in [4.78, 5) is 48.1. The summed E-state index contributed by atoms with van der Waals surface area (Å²) in [5.74, 6) is 0.0623. The number of nitrogen functional groups attached to an aromatic ring is 1. The van der Waals surface area contributed by atoms with E-state index in [0.29, 0.717) is 0 Å². The molecule has 0 aliphatic carbocycles. The van der Waals surface area contributed by atoms with Crippen LogP contribution in [0.1, 0.15) is 6.23 Å². The van der Waals surface area contributed by atoms with E-state index < -0.39 is 53.5 Å². The molecule has 0 spiro atoms. The Labute approximate surface area is 177 Å². The SMILES string of the molecule is Nc1ncnc2c1ncn2C1OC(COP(=O)(O)OP(O)(=S)OP(=O)(O)O)C(O)C1O. The van der Waals surface area contributed by atoms with Crippen molar-refractivity contribution in [3.8, 4) is 0 Å². The average molecular weight is 523 g/mol. The maximum absolute atomic E-state index is 11.9. The normalized spacial score (nSPS) is 28.5. The number of phosphoric ester groups is 1. The minimum Gasteiger partial charge on any atom is -0.387 e. The number of imidazole rings is 1. The third-order valence-electron chi connectivity index (χ3n) is 3.82. The van der Waals surface area contributed by atoms with Gasteiger partial charge in [0.05, 0.1) is 12.9 Å². The zero-order valence-electron chi connectivity index (χ0n) is 14.9. The summed E-state index contributed by atoms with van der Waals surface area (Å²) in [7, 11) is -10.6. The number of aromatic nitrogens is 4. The molecule has 6 atom stereocenters. The first kappa shape index (κ1) is 24.7. The Kier molecular flexibility index (Phi) is 6.99. The number of hydrogen-bond acceptors (Lipinski definition) is 13. The Balaban J connectivity index is 1.69. The fourth-order valence-corrected chi connectivity index (χ4v) is 7.19. The standard InChI is InChI=1S/C10H16N5O12P3S/c11-8-5-9(13-2-12-8)15(3-14-5)10-7(17)6(16)4(25-10)1-24-29(21,22)27-30(23,31)26-28(18,19)20/h2-4,6-7,10,16-17H,1H2,(H,21,22)(H,23,31)(H2,11,12,13)(H2,18,19,20). The molecule has 1 saturated heterocycles. The molecule has 31 heavy (non-hydrogen) atoms. The number of anilines is 1. The third kappa shape index (κ3) is 5.90. The number of phosphoric acid groups is 2. The highest BCUT2D eigenvalue weighted by atomic mass is 32.5. The van der Waals surface area contributed by atoms with Crippen molar-refractivity contribution in [2.24, 2.45) is 0 Å². The van der Waals surface area contributed by atoms with Crippen molar-refractivity contribution < 1.29 is 56.8 Å². The monoisotopic (exact) mass is 523 g/mol. The Bertz CT molecular complexity index is 1110. The van der Waals surface area contributed by atoms with Crippen LogP contribution in [0.2, 0.25) is 0 Å². The molecular weight excluding hydrogens is 507 g/mol. The molecule has 0 saturated carbocycles. The van der Waals surface area contributed by atoms with Crippen molar-refractivity contribution >= 4 is 51.2 Å². The van der Waals surface area contributed by atoms with Crippen LogP contribution in [-0.4, -0.2) is 74.2 Å². The Hall–Kier alpha value is -0.940. The largest absolute Gasteiger partial charge is 0.479 e. The molecule has 17 nitrogen and oxygen atoms in total. The highest BCUT2D eigenvalue weighted by Crippen LogP contribution is 2.66. The van der Waals surface area contributed by atoms with Gasteiger partial charge in [0.1, 0.15) is 30.2 Å². The fraction of sp³-hybridized carbons (Fsp3) is 0.500. The van der Waals surface area contributed by atoms with Crippen molar-refractivity contribution in [1.29, 1.82) is 0 Å². The van der Waals surface area contributed by atoms with Crippen LogP contribution in [0, 0.1) is 0 Å². The van der Waals surface area contributed by atoms with E-state index in [0.717, 1.165) is 6.33 Å². The molecule has 0 aromatic carbocycles. The number of nitrogens with two attached hydrogens (primary N) is 1. The van der Waals surface area contributed by atoms with E-state index in [9.17, 15) is 29.1 Å². The second-order valence-corrected chi connectivity index (χ2v) is 11.8. The van der Waals surface area contributed by atoms with Gasteiger partial charge in [0, 0.05) is 0 Å². The Morgan fingerprint density at radius 1 is 1.13 bits per heavy atom. The van der Waals surface area contributed by atoms with Gasteiger partial charge in [-0.15, -0.1) is 0 Å². The average Bonchev–Trinajstić information content (AvgIpc) is 3.13. The summed E-state index contributed by atoms with van der Waals surface area (Å²) in [6.07, 6.45) is -3.44. The number of rotatable bonds is 8. The van der Waals surface area contributed by atoms with E-state index in [1.807, 2.05) is 0 Å². The molecule has 0 radical (unpaired) electrons. The lowest BCUT2D eigenvalue weighted by Gasteiger charge is -2.20. The van der Waals surface area contributed by atoms with E-state index in [1.165, 1.54) is 10.9 Å². The molecule has 3 rings (SSSR count). The van der Waals surface area contributed by atoms with Crippen molar-refractivity contribution in [1.82, 2.24) is 19.5 Å². The number of nitrogens with zero attached hydrogens (tertiary/aromatic N) is 4. The van der Waals surface area contributed by atoms with Gasteiger partial charge in [-0.25, -0.2) is 32.7 Å². The van der Waals surface area contributed by atoms with Crippen molar-refractivity contribution in [3.05, 3.63) is 12.7 Å². The summed E-state index contributed by atoms with van der Waals surface area (Å²) in [6, 6.07) is 0. The topological polar surface area (TPSA) is 262 Å². The summed E-state index contributed by atoms with van der Waals surface area (Å²) in [5, 5.41) is 20.5. The second-order valence-electron chi connectivity index (χ2n) is 6.02. The van der Waals surface area contributed by atoms with Crippen LogP contribution in [0.15, 0.2) is 12.7 Å². The summed E-state index contributed by atoms with van der Waals surface area (Å²) in [6.45, 7) is -5.73. The molecule has 3 heterocycles. The minimum atomic E-state index is -5.33. The van der Waals surface area contributed by atoms with Gasteiger partial charge in [-0.05, 0) is 11.8 Å². The van der Waals surface area contributed by atoms with Crippen molar-refractivity contribution in [2.45, 2.75) is 24.5 Å². The molecule has 8 N–H and O–H groups in total. The molecule has 0 bridgehead atoms. The number of fused-ring (bicyclic) bond motifs is 1. The zero-order chi connectivity index (χ0) is 23.2. The molecule has 6 unspecified atom stereocenters. The number of hydrogen-bond donors (Lipinski definition) is 7. The molecule has 2 aromatic rings. The molecule has 2 aromatic heterocycles. The second kappa shape index (κ2) is 8.78. The molecule has 0 amide bonds. The van der Waals surface area contributed by atoms with Gasteiger partial charge < -0.3 is 40.3 Å².